The van der Waals surface area contributed by atoms with Crippen LogP contribution in [0.4, 0.5) is 0 Å². The van der Waals surface area contributed by atoms with Crippen LogP contribution in [0.2, 0.25) is 0 Å². The number of rotatable bonds is 13. The van der Waals surface area contributed by atoms with Crippen LogP contribution in [0.1, 0.15) is 60.6 Å². The third-order valence-electron chi connectivity index (χ3n) is 7.65. The maximum Gasteiger partial charge on any atom is 0.245 e. The van der Waals surface area contributed by atoms with E-state index in [1.54, 1.807) is 20.1 Å². The Labute approximate surface area is 254 Å². The van der Waals surface area contributed by atoms with Crippen LogP contribution in [0.15, 0.2) is 42.5 Å². The molecule has 10 heteroatoms. The lowest BCUT2D eigenvalue weighted by atomic mass is 9.91. The fourth-order valence-electron chi connectivity index (χ4n) is 4.96. The summed E-state index contributed by atoms with van der Waals surface area (Å²) in [5.41, 5.74) is 3.61. The number of thioether (sulfide) groups is 1. The van der Waals surface area contributed by atoms with Crippen molar-refractivity contribution < 1.29 is 29.6 Å². The maximum atomic E-state index is 12.5. The Kier molecular flexibility index (Phi) is 12.4. The van der Waals surface area contributed by atoms with Gasteiger partial charge in [0.25, 0.3) is 0 Å². The Hall–Kier alpha value is -2.47. The summed E-state index contributed by atoms with van der Waals surface area (Å²) >= 11 is 1.30. The number of carbonyl (C=O) groups excluding carboxylic acids is 2. The van der Waals surface area contributed by atoms with Gasteiger partial charge in [-0.1, -0.05) is 42.5 Å². The summed E-state index contributed by atoms with van der Waals surface area (Å²) in [5, 5.41) is 36.8. The van der Waals surface area contributed by atoms with Gasteiger partial charge in [0.15, 0.2) is 0 Å². The summed E-state index contributed by atoms with van der Waals surface area (Å²) in [6, 6.07) is 14.2. The van der Waals surface area contributed by atoms with E-state index >= 15 is 0 Å². The van der Waals surface area contributed by atoms with E-state index in [1.165, 1.54) is 11.8 Å². The molecule has 1 aliphatic rings. The Morgan fingerprint density at radius 1 is 1.00 bits per heavy atom. The smallest absolute Gasteiger partial charge is 0.245 e. The quantitative estimate of drug-likeness (QED) is 0.237. The number of aryl methyl sites for hydroxylation is 2. The molecule has 232 valence electrons. The van der Waals surface area contributed by atoms with E-state index in [0.29, 0.717) is 25.8 Å². The molecule has 0 saturated carbocycles. The van der Waals surface area contributed by atoms with Gasteiger partial charge in [0.2, 0.25) is 11.8 Å². The van der Waals surface area contributed by atoms with Crippen LogP contribution in [-0.4, -0.2) is 94.8 Å². The lowest BCUT2D eigenvalue weighted by Gasteiger charge is -2.40. The molecule has 42 heavy (non-hydrogen) atoms. The second-order valence-corrected chi connectivity index (χ2v) is 12.8. The Balaban J connectivity index is 1.53. The van der Waals surface area contributed by atoms with Crippen molar-refractivity contribution in [2.24, 2.45) is 0 Å². The minimum Gasteiger partial charge on any atom is -0.387 e. The topological polar surface area (TPSA) is 131 Å². The number of carbonyl (C=O) groups is 2. The van der Waals surface area contributed by atoms with Crippen molar-refractivity contribution in [3.63, 3.8) is 0 Å². The molecule has 1 fully saturated rings. The molecule has 0 spiro atoms. The van der Waals surface area contributed by atoms with E-state index in [4.69, 9.17) is 4.74 Å². The molecule has 0 radical (unpaired) electrons. The molecule has 1 heterocycles. The van der Waals surface area contributed by atoms with Gasteiger partial charge in [0.1, 0.15) is 35.4 Å². The van der Waals surface area contributed by atoms with E-state index in [1.807, 2.05) is 44.1 Å². The second-order valence-electron chi connectivity index (χ2n) is 11.9. The summed E-state index contributed by atoms with van der Waals surface area (Å²) < 4.78 is 5.95. The van der Waals surface area contributed by atoms with Crippen LogP contribution < -0.4 is 10.6 Å². The van der Waals surface area contributed by atoms with Gasteiger partial charge in [-0.2, -0.15) is 0 Å². The Bertz CT molecular complexity index is 1190. The molecule has 2 aromatic carbocycles. The van der Waals surface area contributed by atoms with Gasteiger partial charge in [-0.15, -0.1) is 11.8 Å². The molecular formula is C32H47N3O6S. The molecule has 3 rings (SSSR count). The first-order valence-corrected chi connectivity index (χ1v) is 15.7. The minimum absolute atomic E-state index is 0.146. The van der Waals surface area contributed by atoms with Gasteiger partial charge >= 0.3 is 0 Å². The third kappa shape index (κ3) is 9.26. The van der Waals surface area contributed by atoms with Crippen molar-refractivity contribution in [2.75, 3.05) is 33.4 Å². The predicted molar refractivity (Wildman–Crippen MR) is 166 cm³/mol. The van der Waals surface area contributed by atoms with Crippen LogP contribution >= 0.6 is 11.8 Å². The zero-order valence-electron chi connectivity index (χ0n) is 25.6. The lowest BCUT2D eigenvalue weighted by Crippen LogP contribution is -2.55. The first-order valence-electron chi connectivity index (χ1n) is 14.5. The molecule has 9 nitrogen and oxygen atoms in total. The molecule has 0 bridgehead atoms. The van der Waals surface area contributed by atoms with Crippen molar-refractivity contribution in [3.05, 3.63) is 70.3 Å². The van der Waals surface area contributed by atoms with Crippen molar-refractivity contribution in [1.82, 2.24) is 15.5 Å². The fourth-order valence-corrected chi connectivity index (χ4v) is 5.63. The number of nitrogens with zero attached hydrogens (tertiary/aromatic N) is 1. The summed E-state index contributed by atoms with van der Waals surface area (Å²) in [5.74, 6) is -0.343. The van der Waals surface area contributed by atoms with E-state index < -0.39 is 35.4 Å². The minimum atomic E-state index is -1.28. The number of nitrogens with one attached hydrogen (secondary N) is 2. The van der Waals surface area contributed by atoms with Crippen LogP contribution in [-0.2, 0) is 27.2 Å². The second kappa shape index (κ2) is 15.3. The highest BCUT2D eigenvalue weighted by Crippen LogP contribution is 2.36. The summed E-state index contributed by atoms with van der Waals surface area (Å²) in [7, 11) is 3.88. The zero-order chi connectivity index (χ0) is 31.0. The number of benzene rings is 2. The van der Waals surface area contributed by atoms with Crippen LogP contribution in [0.5, 0.6) is 0 Å². The summed E-state index contributed by atoms with van der Waals surface area (Å²) in [4.78, 5) is 26.9. The molecule has 5 atom stereocenters. The highest BCUT2D eigenvalue weighted by atomic mass is 32.2. The summed E-state index contributed by atoms with van der Waals surface area (Å²) in [6.45, 7) is 6.72. The number of amides is 2. The van der Waals surface area contributed by atoms with Gasteiger partial charge in [-0.3, -0.25) is 9.59 Å². The first-order chi connectivity index (χ1) is 19.8. The van der Waals surface area contributed by atoms with Crippen molar-refractivity contribution in [3.8, 4) is 0 Å². The number of hydrogen-bond acceptors (Lipinski definition) is 8. The Morgan fingerprint density at radius 3 is 2.31 bits per heavy atom. The summed E-state index contributed by atoms with van der Waals surface area (Å²) in [6.07, 6.45) is -0.155. The van der Waals surface area contributed by atoms with E-state index in [9.17, 15) is 24.9 Å². The molecular weight excluding hydrogens is 554 g/mol. The molecule has 2 aromatic rings. The van der Waals surface area contributed by atoms with Crippen LogP contribution in [0.3, 0.4) is 0 Å². The average molecular weight is 602 g/mol. The standard InChI is InChI=1S/C32H47N3O6S/c1-20-10-15-23(29-27(38)26(37)28(39)30(41-29)42-6)19-24(20)18-22-13-11-21(12-14-22)8-7-9-25(36)34-32(2,3)31(40)33-16-17-35(4)5/h10-15,19,26-30,37-39H,7-9,16-18H2,1-6H3,(H,33,40)(H,34,36). The maximum absolute atomic E-state index is 12.5. The van der Waals surface area contributed by atoms with E-state index in [-0.39, 0.29) is 11.8 Å². The highest BCUT2D eigenvalue weighted by Gasteiger charge is 2.44. The Morgan fingerprint density at radius 2 is 1.67 bits per heavy atom. The number of likely N-dealkylation sites (N-methyl/N-ethyl adjacent to an activating group) is 1. The van der Waals surface area contributed by atoms with Crippen LogP contribution in [0.25, 0.3) is 0 Å². The van der Waals surface area contributed by atoms with Gasteiger partial charge in [0.05, 0.1) is 0 Å². The zero-order valence-corrected chi connectivity index (χ0v) is 26.4. The number of aliphatic hydroxyl groups excluding tert-OH is 3. The largest absolute Gasteiger partial charge is 0.387 e. The van der Waals surface area contributed by atoms with Crippen LogP contribution in [0, 0.1) is 6.92 Å². The number of aliphatic hydroxyl groups is 3. The van der Waals surface area contributed by atoms with Gasteiger partial charge < -0.3 is 35.6 Å². The molecule has 1 aliphatic heterocycles. The average Bonchev–Trinajstić information content (AvgIpc) is 2.93. The lowest BCUT2D eigenvalue weighted by molar-refractivity contribution is -0.200. The van der Waals surface area contributed by atoms with E-state index in [2.05, 4.69) is 34.9 Å². The number of hydrogen-bond donors (Lipinski definition) is 5. The monoisotopic (exact) mass is 601 g/mol. The van der Waals surface area contributed by atoms with Crippen molar-refractivity contribution in [1.29, 1.82) is 0 Å². The molecule has 1 saturated heterocycles. The van der Waals surface area contributed by atoms with Gasteiger partial charge in [0, 0.05) is 19.5 Å². The molecule has 2 amide bonds. The predicted octanol–water partition coefficient (Wildman–Crippen LogP) is 2.32. The molecule has 0 aliphatic carbocycles. The molecule has 5 N–H and O–H groups in total. The third-order valence-corrected chi connectivity index (χ3v) is 8.51. The molecule has 0 aromatic heterocycles. The first kappa shape index (κ1) is 34.0. The van der Waals surface area contributed by atoms with Crippen molar-refractivity contribution >= 4 is 23.6 Å². The molecule has 5 unspecified atom stereocenters. The normalized spacial score (nSPS) is 22.7. The van der Waals surface area contributed by atoms with Gasteiger partial charge in [-0.25, -0.2) is 0 Å². The fraction of sp³-hybridized carbons (Fsp3) is 0.562. The highest BCUT2D eigenvalue weighted by molar-refractivity contribution is 7.99. The SMILES string of the molecule is CSC1OC(c2ccc(C)c(Cc3ccc(CCCC(=O)NC(C)(C)C(=O)NCCN(C)C)cc3)c2)C(O)C(O)C1O. The van der Waals surface area contributed by atoms with Crippen molar-refractivity contribution in [2.45, 2.75) is 81.8 Å². The van der Waals surface area contributed by atoms with Gasteiger partial charge in [-0.05, 0) is 88.2 Å². The van der Waals surface area contributed by atoms with E-state index in [0.717, 1.165) is 40.8 Å². The number of ether oxygens (including phenoxy) is 1.